The molecule has 162 valence electrons. The third-order valence-electron chi connectivity index (χ3n) is 7.03. The van der Waals surface area contributed by atoms with E-state index in [1.54, 1.807) is 0 Å². The summed E-state index contributed by atoms with van der Waals surface area (Å²) >= 11 is 0. The average molecular weight is 423 g/mol. The lowest BCUT2D eigenvalue weighted by Crippen LogP contribution is -2.21. The summed E-state index contributed by atoms with van der Waals surface area (Å²) < 4.78 is 40.6. The fraction of sp³-hybridized carbons (Fsp3) is 0.696. The van der Waals surface area contributed by atoms with Gasteiger partial charge in [-0.1, -0.05) is 39.8 Å². The summed E-state index contributed by atoms with van der Waals surface area (Å²) in [6.45, 7) is 8.22. The SMILES string of the molecule is CCC(CC)c1cc(C2CC3CC(C2)C(=O)O3)cc(C(CC)CC)c1S(=O)(=O)O. The Kier molecular flexibility index (Phi) is 6.74. The predicted octanol–water partition coefficient (Wildman–Crippen LogP) is 5.55. The number of hydrogen-bond donors (Lipinski definition) is 1. The molecule has 0 amide bonds. The molecule has 1 saturated heterocycles. The molecular formula is C23H34O5S. The molecule has 1 N–H and O–H groups in total. The summed E-state index contributed by atoms with van der Waals surface area (Å²) in [5, 5.41) is 0. The van der Waals surface area contributed by atoms with Crippen LogP contribution in [0.5, 0.6) is 0 Å². The summed E-state index contributed by atoms with van der Waals surface area (Å²) in [5.74, 6) is 0.180. The minimum atomic E-state index is -4.34. The number of rotatable bonds is 8. The van der Waals surface area contributed by atoms with Crippen LogP contribution in [0.15, 0.2) is 17.0 Å². The van der Waals surface area contributed by atoms with Crippen LogP contribution in [0.3, 0.4) is 0 Å². The molecule has 3 unspecified atom stereocenters. The fourth-order valence-corrected chi connectivity index (χ4v) is 6.43. The van der Waals surface area contributed by atoms with Crippen LogP contribution in [0.1, 0.15) is 107 Å². The standard InChI is InChI=1S/C23H34O5S/c1-5-14(6-2)20-12-17(16-9-18-11-19(10-16)28-23(18)24)13-21(15(7-3)8-4)22(20)29(25,26)27/h12-16,18-19H,5-11H2,1-4H3,(H,25,26,27). The van der Waals surface area contributed by atoms with Crippen LogP contribution in [-0.2, 0) is 19.6 Å². The quantitative estimate of drug-likeness (QED) is 0.439. The van der Waals surface area contributed by atoms with Gasteiger partial charge in [-0.05, 0) is 79.4 Å². The van der Waals surface area contributed by atoms with Crippen LogP contribution < -0.4 is 0 Å². The van der Waals surface area contributed by atoms with E-state index in [1.807, 2.05) is 12.1 Å². The van der Waals surface area contributed by atoms with Crippen molar-refractivity contribution in [2.24, 2.45) is 5.92 Å². The molecule has 2 bridgehead atoms. The van der Waals surface area contributed by atoms with E-state index in [4.69, 9.17) is 4.74 Å². The van der Waals surface area contributed by atoms with E-state index in [0.29, 0.717) is 0 Å². The first-order valence-corrected chi connectivity index (χ1v) is 12.5. The Labute approximate surface area is 175 Å². The first-order valence-electron chi connectivity index (χ1n) is 11.1. The maximum Gasteiger partial charge on any atom is 0.309 e. The second-order valence-electron chi connectivity index (χ2n) is 8.69. The molecule has 3 atom stereocenters. The van der Waals surface area contributed by atoms with Crippen molar-refractivity contribution in [1.82, 2.24) is 0 Å². The van der Waals surface area contributed by atoms with Crippen LogP contribution in [0.4, 0.5) is 0 Å². The van der Waals surface area contributed by atoms with Gasteiger partial charge >= 0.3 is 5.97 Å². The van der Waals surface area contributed by atoms with Crippen molar-refractivity contribution in [2.45, 2.75) is 101 Å². The Bertz CT molecular complexity index is 819. The zero-order valence-corrected chi connectivity index (χ0v) is 18.8. The number of carbonyl (C=O) groups excluding carboxylic acids is 1. The number of hydrogen-bond acceptors (Lipinski definition) is 4. The lowest BCUT2D eigenvalue weighted by Gasteiger charge is -2.29. The van der Waals surface area contributed by atoms with E-state index in [2.05, 4.69) is 27.7 Å². The first kappa shape index (κ1) is 22.3. The highest BCUT2D eigenvalue weighted by molar-refractivity contribution is 7.86. The molecular weight excluding hydrogens is 388 g/mol. The van der Waals surface area contributed by atoms with Gasteiger partial charge in [0.1, 0.15) is 11.0 Å². The van der Waals surface area contributed by atoms with E-state index in [9.17, 15) is 17.8 Å². The maximum atomic E-state index is 12.5. The molecule has 29 heavy (non-hydrogen) atoms. The van der Waals surface area contributed by atoms with Gasteiger partial charge in [0.2, 0.25) is 0 Å². The van der Waals surface area contributed by atoms with Crippen molar-refractivity contribution in [1.29, 1.82) is 0 Å². The molecule has 3 rings (SSSR count). The van der Waals surface area contributed by atoms with Crippen LogP contribution in [0.2, 0.25) is 0 Å². The highest BCUT2D eigenvalue weighted by Gasteiger charge is 2.42. The van der Waals surface area contributed by atoms with Crippen molar-refractivity contribution < 1.29 is 22.5 Å². The summed E-state index contributed by atoms with van der Waals surface area (Å²) in [4.78, 5) is 12.1. The summed E-state index contributed by atoms with van der Waals surface area (Å²) in [6, 6.07) is 3.99. The first-order chi connectivity index (χ1) is 13.7. The smallest absolute Gasteiger partial charge is 0.309 e. The number of ether oxygens (including phenoxy) is 1. The number of benzene rings is 1. The van der Waals surface area contributed by atoms with Crippen LogP contribution in [-0.4, -0.2) is 25.0 Å². The molecule has 0 spiro atoms. The monoisotopic (exact) mass is 422 g/mol. The van der Waals surface area contributed by atoms with Gasteiger partial charge in [0.25, 0.3) is 10.1 Å². The predicted molar refractivity (Wildman–Crippen MR) is 113 cm³/mol. The summed E-state index contributed by atoms with van der Waals surface area (Å²) in [5.41, 5.74) is 2.57. The highest BCUT2D eigenvalue weighted by Crippen LogP contribution is 2.46. The Morgan fingerprint density at radius 2 is 1.41 bits per heavy atom. The molecule has 5 nitrogen and oxygen atoms in total. The Morgan fingerprint density at radius 3 is 1.83 bits per heavy atom. The van der Waals surface area contributed by atoms with E-state index in [1.165, 1.54) is 0 Å². The molecule has 1 aromatic carbocycles. The van der Waals surface area contributed by atoms with Gasteiger partial charge < -0.3 is 4.74 Å². The van der Waals surface area contributed by atoms with Crippen molar-refractivity contribution >= 4 is 16.1 Å². The van der Waals surface area contributed by atoms with Crippen molar-refractivity contribution in [3.8, 4) is 0 Å². The fourth-order valence-electron chi connectivity index (χ4n) is 5.38. The summed E-state index contributed by atoms with van der Waals surface area (Å²) in [6.07, 6.45) is 5.55. The van der Waals surface area contributed by atoms with Gasteiger partial charge in [0.15, 0.2) is 0 Å². The van der Waals surface area contributed by atoms with Gasteiger partial charge in [-0.3, -0.25) is 9.35 Å². The molecule has 2 fully saturated rings. The van der Waals surface area contributed by atoms with Crippen LogP contribution in [0, 0.1) is 5.92 Å². The molecule has 0 radical (unpaired) electrons. The molecule has 1 heterocycles. The molecule has 0 aromatic heterocycles. The van der Waals surface area contributed by atoms with E-state index < -0.39 is 10.1 Å². The minimum Gasteiger partial charge on any atom is -0.462 e. The average Bonchev–Trinajstić information content (AvgIpc) is 2.93. The number of fused-ring (bicyclic) bond motifs is 2. The van der Waals surface area contributed by atoms with E-state index >= 15 is 0 Å². The third kappa shape index (κ3) is 4.38. The molecule has 1 aromatic rings. The molecule has 1 aliphatic carbocycles. The van der Waals surface area contributed by atoms with Crippen molar-refractivity contribution in [3.63, 3.8) is 0 Å². The Morgan fingerprint density at radius 1 is 0.931 bits per heavy atom. The lowest BCUT2D eigenvalue weighted by molar-refractivity contribution is -0.143. The number of carbonyl (C=O) groups is 1. The number of esters is 1. The van der Waals surface area contributed by atoms with Crippen LogP contribution >= 0.6 is 0 Å². The van der Waals surface area contributed by atoms with E-state index in [0.717, 1.165) is 61.6 Å². The van der Waals surface area contributed by atoms with Gasteiger partial charge in [-0.2, -0.15) is 8.42 Å². The second kappa shape index (κ2) is 8.76. The van der Waals surface area contributed by atoms with Gasteiger partial charge in [0.05, 0.1) is 5.92 Å². The zero-order valence-electron chi connectivity index (χ0n) is 18.0. The van der Waals surface area contributed by atoms with Gasteiger partial charge in [-0.25, -0.2) is 0 Å². The normalized spacial score (nSPS) is 24.4. The molecule has 2 aliphatic rings. The van der Waals surface area contributed by atoms with Crippen molar-refractivity contribution in [3.05, 3.63) is 28.8 Å². The topological polar surface area (TPSA) is 80.7 Å². The zero-order chi connectivity index (χ0) is 21.3. The van der Waals surface area contributed by atoms with Gasteiger partial charge in [-0.15, -0.1) is 0 Å². The minimum absolute atomic E-state index is 0.0271. The second-order valence-corrected chi connectivity index (χ2v) is 10.0. The van der Waals surface area contributed by atoms with E-state index in [-0.39, 0.29) is 40.6 Å². The summed E-state index contributed by atoms with van der Waals surface area (Å²) in [7, 11) is -4.34. The molecule has 6 heteroatoms. The largest absolute Gasteiger partial charge is 0.462 e. The lowest BCUT2D eigenvalue weighted by atomic mass is 9.76. The third-order valence-corrected chi connectivity index (χ3v) is 8.02. The maximum absolute atomic E-state index is 12.5. The van der Waals surface area contributed by atoms with Gasteiger partial charge in [0, 0.05) is 0 Å². The molecule has 1 saturated carbocycles. The molecule has 1 aliphatic heterocycles. The van der Waals surface area contributed by atoms with Crippen LogP contribution in [0.25, 0.3) is 0 Å². The Hall–Kier alpha value is -1.40. The van der Waals surface area contributed by atoms with Crippen molar-refractivity contribution in [2.75, 3.05) is 0 Å². The Balaban J connectivity index is 2.19. The highest BCUT2D eigenvalue weighted by atomic mass is 32.2.